The molecule has 0 aliphatic carbocycles. The van der Waals surface area contributed by atoms with E-state index in [2.05, 4.69) is 0 Å². The number of halogens is 2. The van der Waals surface area contributed by atoms with Crippen LogP contribution < -0.4 is 14.4 Å². The summed E-state index contributed by atoms with van der Waals surface area (Å²) in [6, 6.07) is 9.87. The van der Waals surface area contributed by atoms with Crippen LogP contribution in [0.25, 0.3) is 6.08 Å². The van der Waals surface area contributed by atoms with Gasteiger partial charge in [0, 0.05) is 6.92 Å². The van der Waals surface area contributed by atoms with Crippen molar-refractivity contribution in [1.29, 1.82) is 0 Å². The number of anilines is 1. The standard InChI is InChI=1S/C19H13Cl2NO4S2/c1-10(23)26-15-6-3-11(7-16(15)25-2)8-17-18(24)22(19(27)28-17)12-4-5-13(20)14(21)9-12/h3-9H,1-2H3/b17-8+. The molecule has 0 bridgehead atoms. The molecule has 1 fully saturated rings. The number of methoxy groups -OCH3 is 1. The number of thiocarbonyl (C=S) groups is 1. The van der Waals surface area contributed by atoms with Crippen molar-refractivity contribution in [2.45, 2.75) is 6.92 Å². The van der Waals surface area contributed by atoms with Gasteiger partial charge < -0.3 is 9.47 Å². The van der Waals surface area contributed by atoms with Gasteiger partial charge >= 0.3 is 5.97 Å². The Hall–Kier alpha value is -2.06. The van der Waals surface area contributed by atoms with E-state index in [4.69, 9.17) is 44.9 Å². The van der Waals surface area contributed by atoms with E-state index < -0.39 is 5.97 Å². The first kappa shape index (κ1) is 20.7. The van der Waals surface area contributed by atoms with Crippen LogP contribution in [-0.2, 0) is 9.59 Å². The van der Waals surface area contributed by atoms with E-state index in [0.717, 1.165) is 0 Å². The summed E-state index contributed by atoms with van der Waals surface area (Å²) in [6.07, 6.45) is 1.69. The molecule has 1 amide bonds. The molecule has 2 aromatic rings. The Bertz CT molecular complexity index is 1020. The van der Waals surface area contributed by atoms with E-state index in [1.54, 1.807) is 42.5 Å². The number of esters is 1. The summed E-state index contributed by atoms with van der Waals surface area (Å²) in [5.41, 5.74) is 1.24. The zero-order chi connectivity index (χ0) is 20.4. The predicted molar refractivity (Wildman–Crippen MR) is 116 cm³/mol. The van der Waals surface area contributed by atoms with Crippen molar-refractivity contribution in [2.24, 2.45) is 0 Å². The van der Waals surface area contributed by atoms with Gasteiger partial charge in [-0.05, 0) is 42.0 Å². The Labute approximate surface area is 181 Å². The quantitative estimate of drug-likeness (QED) is 0.269. The SMILES string of the molecule is COc1cc(/C=C2/SC(=S)N(c3ccc(Cl)c(Cl)c3)C2=O)ccc1OC(C)=O. The highest BCUT2D eigenvalue weighted by Crippen LogP contribution is 2.38. The van der Waals surface area contributed by atoms with Crippen LogP contribution in [0.5, 0.6) is 11.5 Å². The third kappa shape index (κ3) is 4.33. The first-order chi connectivity index (χ1) is 13.3. The molecule has 1 aliphatic heterocycles. The lowest BCUT2D eigenvalue weighted by molar-refractivity contribution is -0.132. The number of carbonyl (C=O) groups is 2. The lowest BCUT2D eigenvalue weighted by Crippen LogP contribution is -2.27. The van der Waals surface area contributed by atoms with Crippen molar-refractivity contribution >= 4 is 75.1 Å². The average molecular weight is 454 g/mol. The third-order valence-corrected chi connectivity index (χ3v) is 5.74. The van der Waals surface area contributed by atoms with E-state index in [1.807, 2.05) is 0 Å². The summed E-state index contributed by atoms with van der Waals surface area (Å²) in [4.78, 5) is 25.9. The summed E-state index contributed by atoms with van der Waals surface area (Å²) in [6.45, 7) is 1.31. The average Bonchev–Trinajstić information content (AvgIpc) is 2.92. The van der Waals surface area contributed by atoms with Gasteiger partial charge in [-0.15, -0.1) is 0 Å². The van der Waals surface area contributed by atoms with Crippen LogP contribution >= 0.6 is 47.2 Å². The Balaban J connectivity index is 1.91. The minimum Gasteiger partial charge on any atom is -0.493 e. The molecular weight excluding hydrogens is 441 g/mol. The second-order valence-corrected chi connectivity index (χ2v) is 8.11. The van der Waals surface area contributed by atoms with Gasteiger partial charge in [0.05, 0.1) is 27.7 Å². The highest BCUT2D eigenvalue weighted by molar-refractivity contribution is 8.27. The number of rotatable bonds is 4. The number of benzene rings is 2. The fraction of sp³-hybridized carbons (Fsp3) is 0.105. The van der Waals surface area contributed by atoms with Gasteiger partial charge in [-0.25, -0.2) is 0 Å². The Morgan fingerprint density at radius 3 is 2.54 bits per heavy atom. The summed E-state index contributed by atoms with van der Waals surface area (Å²) < 4.78 is 10.7. The van der Waals surface area contributed by atoms with Gasteiger partial charge in [0.25, 0.3) is 5.91 Å². The zero-order valence-electron chi connectivity index (χ0n) is 14.7. The molecule has 0 N–H and O–H groups in total. The number of amides is 1. The molecule has 0 saturated carbocycles. The smallest absolute Gasteiger partial charge is 0.308 e. The van der Waals surface area contributed by atoms with Crippen LogP contribution in [0.1, 0.15) is 12.5 Å². The van der Waals surface area contributed by atoms with Crippen molar-refractivity contribution in [2.75, 3.05) is 12.0 Å². The molecule has 9 heteroatoms. The van der Waals surface area contributed by atoms with Gasteiger partial charge in [-0.3, -0.25) is 14.5 Å². The van der Waals surface area contributed by atoms with Crippen molar-refractivity contribution < 1.29 is 19.1 Å². The van der Waals surface area contributed by atoms with E-state index in [1.165, 1.54) is 30.7 Å². The molecule has 1 heterocycles. The minimum absolute atomic E-state index is 0.267. The maximum absolute atomic E-state index is 12.9. The van der Waals surface area contributed by atoms with Crippen LogP contribution in [0.3, 0.4) is 0 Å². The van der Waals surface area contributed by atoms with E-state index in [9.17, 15) is 9.59 Å². The molecule has 0 unspecified atom stereocenters. The number of hydrogen-bond acceptors (Lipinski definition) is 6. The van der Waals surface area contributed by atoms with Crippen molar-refractivity contribution in [1.82, 2.24) is 0 Å². The second-order valence-electron chi connectivity index (χ2n) is 5.62. The number of hydrogen-bond donors (Lipinski definition) is 0. The molecule has 1 aliphatic rings. The topological polar surface area (TPSA) is 55.8 Å². The van der Waals surface area contributed by atoms with Gasteiger partial charge in [0.2, 0.25) is 0 Å². The third-order valence-electron chi connectivity index (χ3n) is 3.69. The Kier molecular flexibility index (Phi) is 6.30. The molecule has 0 aromatic heterocycles. The Morgan fingerprint density at radius 2 is 1.89 bits per heavy atom. The number of nitrogens with zero attached hydrogens (tertiary/aromatic N) is 1. The summed E-state index contributed by atoms with van der Waals surface area (Å²) in [5, 5.41) is 0.731. The maximum Gasteiger partial charge on any atom is 0.308 e. The van der Waals surface area contributed by atoms with Crippen molar-refractivity contribution in [3.05, 3.63) is 56.9 Å². The van der Waals surface area contributed by atoms with Crippen LogP contribution in [0.4, 0.5) is 5.69 Å². The van der Waals surface area contributed by atoms with Crippen molar-refractivity contribution in [3.63, 3.8) is 0 Å². The fourth-order valence-electron chi connectivity index (χ4n) is 2.48. The molecule has 1 saturated heterocycles. The molecule has 0 spiro atoms. The van der Waals surface area contributed by atoms with Gasteiger partial charge in [-0.1, -0.05) is 53.2 Å². The summed E-state index contributed by atoms with van der Waals surface area (Å²) in [5.74, 6) is -0.0376. The molecule has 0 atom stereocenters. The highest BCUT2D eigenvalue weighted by Gasteiger charge is 2.33. The molecule has 2 aromatic carbocycles. The lowest BCUT2D eigenvalue weighted by Gasteiger charge is -2.15. The summed E-state index contributed by atoms with van der Waals surface area (Å²) >= 11 is 18.5. The molecule has 0 radical (unpaired) electrons. The molecular formula is C19H13Cl2NO4S2. The largest absolute Gasteiger partial charge is 0.493 e. The van der Waals surface area contributed by atoms with Crippen LogP contribution in [0.15, 0.2) is 41.3 Å². The van der Waals surface area contributed by atoms with Crippen LogP contribution in [0.2, 0.25) is 10.0 Å². The highest BCUT2D eigenvalue weighted by atomic mass is 35.5. The van der Waals surface area contributed by atoms with E-state index in [0.29, 0.717) is 42.0 Å². The lowest BCUT2D eigenvalue weighted by atomic mass is 10.2. The maximum atomic E-state index is 12.9. The monoisotopic (exact) mass is 453 g/mol. The minimum atomic E-state index is -0.450. The van der Waals surface area contributed by atoms with Crippen molar-refractivity contribution in [3.8, 4) is 11.5 Å². The molecule has 28 heavy (non-hydrogen) atoms. The van der Waals surface area contributed by atoms with Gasteiger partial charge in [0.1, 0.15) is 0 Å². The first-order valence-electron chi connectivity index (χ1n) is 7.89. The number of carbonyl (C=O) groups excluding carboxylic acids is 2. The number of ether oxygens (including phenoxy) is 2. The van der Waals surface area contributed by atoms with E-state index >= 15 is 0 Å². The second kappa shape index (κ2) is 8.53. The van der Waals surface area contributed by atoms with Gasteiger partial charge in [0.15, 0.2) is 15.8 Å². The van der Waals surface area contributed by atoms with Crippen LogP contribution in [0, 0.1) is 0 Å². The fourth-order valence-corrected chi connectivity index (χ4v) is 4.07. The summed E-state index contributed by atoms with van der Waals surface area (Å²) in [7, 11) is 1.47. The van der Waals surface area contributed by atoms with Gasteiger partial charge in [-0.2, -0.15) is 0 Å². The first-order valence-corrected chi connectivity index (χ1v) is 9.87. The molecule has 5 nitrogen and oxygen atoms in total. The zero-order valence-corrected chi connectivity index (χ0v) is 17.8. The van der Waals surface area contributed by atoms with E-state index in [-0.39, 0.29) is 5.91 Å². The molecule has 3 rings (SSSR count). The normalized spacial score (nSPS) is 15.3. The Morgan fingerprint density at radius 1 is 1.14 bits per heavy atom. The molecule has 144 valence electrons. The predicted octanol–water partition coefficient (Wildman–Crippen LogP) is 5.33. The van der Waals surface area contributed by atoms with Crippen LogP contribution in [-0.4, -0.2) is 23.3 Å². The number of thioether (sulfide) groups is 1.